The van der Waals surface area contributed by atoms with Crippen LogP contribution < -0.4 is 4.74 Å². The summed E-state index contributed by atoms with van der Waals surface area (Å²) >= 11 is 0. The third-order valence-corrected chi connectivity index (χ3v) is 1.93. The van der Waals surface area contributed by atoms with Crippen molar-refractivity contribution in [2.45, 2.75) is 13.3 Å². The van der Waals surface area contributed by atoms with Gasteiger partial charge in [-0.25, -0.2) is 13.2 Å². The summed E-state index contributed by atoms with van der Waals surface area (Å²) in [4.78, 5) is 11.0. The van der Waals surface area contributed by atoms with Crippen LogP contribution in [0.25, 0.3) is 0 Å². The number of carbonyl (C=O) groups excluding carboxylic acids is 1. The third-order valence-electron chi connectivity index (χ3n) is 1.93. The average molecular weight is 218 g/mol. The van der Waals surface area contributed by atoms with Gasteiger partial charge in [0.2, 0.25) is 0 Å². The van der Waals surface area contributed by atoms with E-state index in [4.69, 9.17) is 4.74 Å². The highest BCUT2D eigenvalue weighted by Crippen LogP contribution is 2.29. The average Bonchev–Trinajstić information content (AvgIpc) is 2.16. The lowest BCUT2D eigenvalue weighted by molar-refractivity contribution is 0.101. The van der Waals surface area contributed by atoms with Crippen molar-refractivity contribution in [3.05, 3.63) is 29.1 Å². The molecule has 5 heteroatoms. The maximum absolute atomic E-state index is 13.1. The van der Waals surface area contributed by atoms with Crippen molar-refractivity contribution in [1.29, 1.82) is 0 Å². The molecule has 0 radical (unpaired) electrons. The van der Waals surface area contributed by atoms with Crippen LogP contribution in [0.3, 0.4) is 0 Å². The van der Waals surface area contributed by atoms with Crippen molar-refractivity contribution < 1.29 is 22.7 Å². The van der Waals surface area contributed by atoms with Crippen LogP contribution in [0, 0.1) is 5.82 Å². The fraction of sp³-hybridized carbons (Fsp3) is 0.300. The Morgan fingerprint density at radius 3 is 2.40 bits per heavy atom. The largest absolute Gasteiger partial charge is 0.496 e. The van der Waals surface area contributed by atoms with E-state index in [2.05, 4.69) is 0 Å². The lowest BCUT2D eigenvalue weighted by Gasteiger charge is -2.09. The van der Waals surface area contributed by atoms with E-state index in [1.54, 1.807) is 0 Å². The summed E-state index contributed by atoms with van der Waals surface area (Å²) in [6.45, 7) is 1.21. The summed E-state index contributed by atoms with van der Waals surface area (Å²) in [6.07, 6.45) is -2.93. The first-order valence-electron chi connectivity index (χ1n) is 4.14. The molecule has 1 rings (SSSR count). The zero-order valence-corrected chi connectivity index (χ0v) is 8.18. The van der Waals surface area contributed by atoms with E-state index in [0.29, 0.717) is 0 Å². The Morgan fingerprint density at radius 1 is 1.40 bits per heavy atom. The maximum atomic E-state index is 13.1. The van der Waals surface area contributed by atoms with Crippen molar-refractivity contribution in [2.24, 2.45) is 0 Å². The van der Waals surface area contributed by atoms with E-state index in [9.17, 15) is 18.0 Å². The van der Waals surface area contributed by atoms with E-state index in [1.165, 1.54) is 14.0 Å². The Morgan fingerprint density at radius 2 is 2.00 bits per heavy atom. The molecule has 0 amide bonds. The Hall–Kier alpha value is -1.52. The van der Waals surface area contributed by atoms with Crippen LogP contribution in [-0.2, 0) is 0 Å². The van der Waals surface area contributed by atoms with Crippen LogP contribution in [0.15, 0.2) is 12.1 Å². The summed E-state index contributed by atoms with van der Waals surface area (Å²) in [6, 6.07) is 1.61. The molecule has 0 aliphatic carbocycles. The smallest absolute Gasteiger partial charge is 0.266 e. The molecule has 0 aliphatic rings. The summed E-state index contributed by atoms with van der Waals surface area (Å²) in [5.74, 6) is -1.58. The Kier molecular flexibility index (Phi) is 3.34. The molecule has 2 nitrogen and oxygen atoms in total. The highest BCUT2D eigenvalue weighted by molar-refractivity contribution is 5.96. The van der Waals surface area contributed by atoms with Crippen LogP contribution in [0.1, 0.15) is 29.3 Å². The molecule has 0 N–H and O–H groups in total. The standard InChI is InChI=1S/C10H9F3O2/c1-5(14)6-3-8(11)7(10(12)13)4-9(6)15-2/h3-4,10H,1-2H3. The third kappa shape index (κ3) is 2.29. The molecule has 0 aromatic heterocycles. The van der Waals surface area contributed by atoms with Crippen LogP contribution in [0.4, 0.5) is 13.2 Å². The van der Waals surface area contributed by atoms with E-state index >= 15 is 0 Å². The minimum absolute atomic E-state index is 0.0422. The normalized spacial score (nSPS) is 10.5. The van der Waals surface area contributed by atoms with E-state index < -0.39 is 23.6 Å². The number of benzene rings is 1. The molecule has 0 saturated heterocycles. The highest BCUT2D eigenvalue weighted by Gasteiger charge is 2.19. The zero-order valence-electron chi connectivity index (χ0n) is 8.18. The Balaban J connectivity index is 3.35. The number of carbonyl (C=O) groups is 1. The van der Waals surface area contributed by atoms with Gasteiger partial charge in [0, 0.05) is 0 Å². The molecular weight excluding hydrogens is 209 g/mol. The van der Waals surface area contributed by atoms with Gasteiger partial charge in [-0.05, 0) is 19.1 Å². The molecule has 0 saturated carbocycles. The van der Waals surface area contributed by atoms with Crippen LogP contribution >= 0.6 is 0 Å². The van der Waals surface area contributed by atoms with Gasteiger partial charge < -0.3 is 4.74 Å². The molecular formula is C10H9F3O2. The second-order valence-corrected chi connectivity index (χ2v) is 2.93. The quantitative estimate of drug-likeness (QED) is 0.729. The number of rotatable bonds is 3. The molecule has 0 aliphatic heterocycles. The fourth-order valence-corrected chi connectivity index (χ4v) is 1.18. The number of halogens is 3. The van der Waals surface area contributed by atoms with Gasteiger partial charge in [0.05, 0.1) is 18.2 Å². The molecule has 15 heavy (non-hydrogen) atoms. The Labute approximate surface area is 84.7 Å². The van der Waals surface area contributed by atoms with Gasteiger partial charge in [-0.15, -0.1) is 0 Å². The number of ketones is 1. The number of hydrogen-bond acceptors (Lipinski definition) is 2. The number of methoxy groups -OCH3 is 1. The summed E-state index contributed by atoms with van der Waals surface area (Å²) in [5, 5.41) is 0. The van der Waals surface area contributed by atoms with Crippen LogP contribution in [-0.4, -0.2) is 12.9 Å². The minimum atomic E-state index is -2.93. The van der Waals surface area contributed by atoms with Crippen molar-refractivity contribution >= 4 is 5.78 Å². The van der Waals surface area contributed by atoms with Gasteiger partial charge in [0.25, 0.3) is 6.43 Å². The number of Topliss-reactive ketones (excluding diaryl/α,β-unsaturated/α-hetero) is 1. The van der Waals surface area contributed by atoms with Gasteiger partial charge in [-0.1, -0.05) is 0 Å². The summed E-state index contributed by atoms with van der Waals surface area (Å²) in [7, 11) is 1.23. The first-order chi connectivity index (χ1) is 6.97. The lowest BCUT2D eigenvalue weighted by atomic mass is 10.1. The number of hydrogen-bond donors (Lipinski definition) is 0. The predicted molar refractivity (Wildman–Crippen MR) is 47.9 cm³/mol. The molecule has 1 aromatic carbocycles. The SMILES string of the molecule is COc1cc(C(F)F)c(F)cc1C(C)=O. The molecule has 0 heterocycles. The van der Waals surface area contributed by atoms with Crippen LogP contribution in [0.2, 0.25) is 0 Å². The summed E-state index contributed by atoms with van der Waals surface area (Å²) in [5.41, 5.74) is -0.809. The molecule has 0 spiro atoms. The monoisotopic (exact) mass is 218 g/mol. The first-order valence-corrected chi connectivity index (χ1v) is 4.14. The van der Waals surface area contributed by atoms with E-state index in [0.717, 1.165) is 12.1 Å². The predicted octanol–water partition coefficient (Wildman–Crippen LogP) is 2.97. The van der Waals surface area contributed by atoms with Crippen LogP contribution in [0.5, 0.6) is 5.75 Å². The van der Waals surface area contributed by atoms with Crippen molar-refractivity contribution in [3.63, 3.8) is 0 Å². The lowest BCUT2D eigenvalue weighted by Crippen LogP contribution is -2.01. The molecule has 82 valence electrons. The molecule has 0 atom stereocenters. The van der Waals surface area contributed by atoms with Gasteiger partial charge in [0.1, 0.15) is 11.6 Å². The van der Waals surface area contributed by atoms with E-state index in [1.807, 2.05) is 0 Å². The van der Waals surface area contributed by atoms with Crippen molar-refractivity contribution in [2.75, 3.05) is 7.11 Å². The molecule has 0 unspecified atom stereocenters. The minimum Gasteiger partial charge on any atom is -0.496 e. The number of ether oxygens (including phenoxy) is 1. The molecule has 0 fully saturated rings. The maximum Gasteiger partial charge on any atom is 0.266 e. The van der Waals surface area contributed by atoms with Gasteiger partial charge in [-0.2, -0.15) is 0 Å². The molecule has 1 aromatic rings. The first kappa shape index (κ1) is 11.6. The van der Waals surface area contributed by atoms with Gasteiger partial charge in [-0.3, -0.25) is 4.79 Å². The second kappa shape index (κ2) is 4.33. The van der Waals surface area contributed by atoms with Crippen molar-refractivity contribution in [1.82, 2.24) is 0 Å². The summed E-state index contributed by atoms with van der Waals surface area (Å²) < 4.78 is 42.4. The topological polar surface area (TPSA) is 26.3 Å². The van der Waals surface area contributed by atoms with E-state index in [-0.39, 0.29) is 11.3 Å². The fourth-order valence-electron chi connectivity index (χ4n) is 1.18. The van der Waals surface area contributed by atoms with Gasteiger partial charge >= 0.3 is 0 Å². The Bertz CT molecular complexity index is 388. The highest BCUT2D eigenvalue weighted by atomic mass is 19.3. The van der Waals surface area contributed by atoms with Crippen molar-refractivity contribution in [3.8, 4) is 5.75 Å². The van der Waals surface area contributed by atoms with Gasteiger partial charge in [0.15, 0.2) is 5.78 Å². The molecule has 0 bridgehead atoms. The number of alkyl halides is 2. The second-order valence-electron chi connectivity index (χ2n) is 2.93. The zero-order chi connectivity index (χ0) is 11.6.